The van der Waals surface area contributed by atoms with Crippen LogP contribution in [0.2, 0.25) is 0 Å². The van der Waals surface area contributed by atoms with Gasteiger partial charge in [0.25, 0.3) is 5.91 Å². The first-order chi connectivity index (χ1) is 13.1. The number of piperidine rings is 1. The molecule has 3 saturated heterocycles. The van der Waals surface area contributed by atoms with Crippen LogP contribution in [0, 0.1) is 12.8 Å². The van der Waals surface area contributed by atoms with Crippen LogP contribution in [-0.4, -0.2) is 48.8 Å². The summed E-state index contributed by atoms with van der Waals surface area (Å²) >= 11 is 0. The smallest absolute Gasteiger partial charge is 0.329 e. The predicted octanol–water partition coefficient (Wildman–Crippen LogP) is 2.62. The van der Waals surface area contributed by atoms with Crippen LogP contribution >= 0.6 is 0 Å². The third kappa shape index (κ3) is 3.40. The molecule has 2 unspecified atom stereocenters. The Morgan fingerprint density at radius 2 is 1.96 bits per heavy atom. The summed E-state index contributed by atoms with van der Waals surface area (Å²) in [5, 5.41) is 2.87. The number of ether oxygens (including phenoxy) is 1. The largest absolute Gasteiger partial charge is 0.381 e. The lowest BCUT2D eigenvalue weighted by Crippen LogP contribution is -2.40. The van der Waals surface area contributed by atoms with Crippen molar-refractivity contribution in [2.45, 2.75) is 58.0 Å². The number of aromatic nitrogens is 1. The molecule has 1 aromatic heterocycles. The van der Waals surface area contributed by atoms with E-state index in [1.807, 2.05) is 13.0 Å². The van der Waals surface area contributed by atoms with Gasteiger partial charge in [-0.2, -0.15) is 0 Å². The number of amides is 3. The SMILES string of the molecule is Cc1cc(N2C(=O)NC(C3CCOCC3)C2=O)cnc1N1CCCCC1C. The molecule has 1 N–H and O–H groups in total. The number of urea groups is 1. The third-order valence-electron chi connectivity index (χ3n) is 6.08. The maximum Gasteiger partial charge on any atom is 0.329 e. The molecular weight excluding hydrogens is 344 g/mol. The summed E-state index contributed by atoms with van der Waals surface area (Å²) in [4.78, 5) is 33.7. The van der Waals surface area contributed by atoms with Crippen LogP contribution in [0.25, 0.3) is 0 Å². The molecule has 1 aromatic rings. The number of carbonyl (C=O) groups excluding carboxylic acids is 2. The van der Waals surface area contributed by atoms with Crippen molar-refractivity contribution in [2.75, 3.05) is 29.6 Å². The summed E-state index contributed by atoms with van der Waals surface area (Å²) in [7, 11) is 0. The fourth-order valence-electron chi connectivity index (χ4n) is 4.50. The van der Waals surface area contributed by atoms with Gasteiger partial charge >= 0.3 is 6.03 Å². The van der Waals surface area contributed by atoms with Crippen molar-refractivity contribution < 1.29 is 14.3 Å². The number of carbonyl (C=O) groups is 2. The van der Waals surface area contributed by atoms with Crippen molar-refractivity contribution in [3.63, 3.8) is 0 Å². The molecule has 146 valence electrons. The third-order valence-corrected chi connectivity index (χ3v) is 6.08. The Morgan fingerprint density at radius 1 is 1.19 bits per heavy atom. The summed E-state index contributed by atoms with van der Waals surface area (Å²) in [6.07, 6.45) is 6.86. The molecule has 4 heterocycles. The maximum absolute atomic E-state index is 12.9. The molecule has 27 heavy (non-hydrogen) atoms. The molecule has 3 fully saturated rings. The molecule has 0 radical (unpaired) electrons. The highest BCUT2D eigenvalue weighted by Crippen LogP contribution is 2.31. The van der Waals surface area contributed by atoms with Crippen molar-refractivity contribution in [1.29, 1.82) is 0 Å². The number of pyridine rings is 1. The van der Waals surface area contributed by atoms with Gasteiger partial charge < -0.3 is 15.0 Å². The van der Waals surface area contributed by atoms with Crippen LogP contribution < -0.4 is 15.1 Å². The zero-order chi connectivity index (χ0) is 19.0. The van der Waals surface area contributed by atoms with Gasteiger partial charge in [0.15, 0.2) is 0 Å². The standard InChI is InChI=1S/C20H28N4O3/c1-13-11-16(12-21-18(13)23-8-4-3-5-14(23)2)24-19(25)17(22-20(24)26)15-6-9-27-10-7-15/h11-12,14-15,17H,3-10H2,1-2H3,(H,22,26). The van der Waals surface area contributed by atoms with E-state index in [1.165, 1.54) is 24.2 Å². The molecule has 0 saturated carbocycles. The molecule has 7 nitrogen and oxygen atoms in total. The molecular formula is C20H28N4O3. The summed E-state index contributed by atoms with van der Waals surface area (Å²) in [6, 6.07) is 1.57. The molecule has 0 aromatic carbocycles. The van der Waals surface area contributed by atoms with Crippen LogP contribution in [0.15, 0.2) is 12.3 Å². The Bertz CT molecular complexity index is 732. The van der Waals surface area contributed by atoms with Gasteiger partial charge in [0.1, 0.15) is 11.9 Å². The first-order valence-electron chi connectivity index (χ1n) is 10.0. The average molecular weight is 372 g/mol. The van der Waals surface area contributed by atoms with E-state index in [1.54, 1.807) is 6.20 Å². The highest BCUT2D eigenvalue weighted by molar-refractivity contribution is 6.21. The van der Waals surface area contributed by atoms with E-state index in [9.17, 15) is 9.59 Å². The highest BCUT2D eigenvalue weighted by atomic mass is 16.5. The van der Waals surface area contributed by atoms with E-state index in [0.717, 1.165) is 30.8 Å². The number of nitrogens with zero attached hydrogens (tertiary/aromatic N) is 3. The van der Waals surface area contributed by atoms with Crippen LogP contribution in [0.3, 0.4) is 0 Å². The maximum atomic E-state index is 12.9. The first-order valence-corrected chi connectivity index (χ1v) is 10.0. The van der Waals surface area contributed by atoms with Gasteiger partial charge in [-0.1, -0.05) is 0 Å². The summed E-state index contributed by atoms with van der Waals surface area (Å²) in [5.74, 6) is 0.925. The average Bonchev–Trinajstić information content (AvgIpc) is 2.97. The van der Waals surface area contributed by atoms with E-state index in [0.29, 0.717) is 24.9 Å². The second-order valence-corrected chi connectivity index (χ2v) is 7.92. The zero-order valence-corrected chi connectivity index (χ0v) is 16.1. The van der Waals surface area contributed by atoms with E-state index in [2.05, 4.69) is 22.1 Å². The molecule has 2 atom stereocenters. The topological polar surface area (TPSA) is 74.8 Å². The molecule has 3 aliphatic rings. The van der Waals surface area contributed by atoms with Crippen molar-refractivity contribution in [3.8, 4) is 0 Å². The summed E-state index contributed by atoms with van der Waals surface area (Å²) in [5.41, 5.74) is 1.55. The molecule has 3 aliphatic heterocycles. The summed E-state index contributed by atoms with van der Waals surface area (Å²) < 4.78 is 5.38. The van der Waals surface area contributed by atoms with Crippen LogP contribution in [0.1, 0.15) is 44.6 Å². The fourth-order valence-corrected chi connectivity index (χ4v) is 4.50. The van der Waals surface area contributed by atoms with E-state index >= 15 is 0 Å². The second-order valence-electron chi connectivity index (χ2n) is 7.92. The van der Waals surface area contributed by atoms with Gasteiger partial charge in [0.05, 0.1) is 11.9 Å². The Hall–Kier alpha value is -2.15. The van der Waals surface area contributed by atoms with E-state index < -0.39 is 6.04 Å². The number of anilines is 2. The van der Waals surface area contributed by atoms with Crippen LogP contribution in [0.4, 0.5) is 16.3 Å². The van der Waals surface area contributed by atoms with Crippen molar-refractivity contribution in [1.82, 2.24) is 10.3 Å². The van der Waals surface area contributed by atoms with Crippen LogP contribution in [-0.2, 0) is 9.53 Å². The fraction of sp³-hybridized carbons (Fsp3) is 0.650. The minimum absolute atomic E-state index is 0.141. The molecule has 0 aliphatic carbocycles. The Labute approximate surface area is 160 Å². The van der Waals surface area contributed by atoms with Gasteiger partial charge in [-0.25, -0.2) is 14.7 Å². The number of nitrogens with one attached hydrogen (secondary N) is 1. The first kappa shape index (κ1) is 18.2. The zero-order valence-electron chi connectivity index (χ0n) is 16.1. The summed E-state index contributed by atoms with van der Waals surface area (Å²) in [6.45, 7) is 6.52. The monoisotopic (exact) mass is 372 g/mol. The number of rotatable bonds is 3. The van der Waals surface area contributed by atoms with E-state index in [-0.39, 0.29) is 17.9 Å². The van der Waals surface area contributed by atoms with Gasteiger partial charge in [-0.15, -0.1) is 0 Å². The lowest BCUT2D eigenvalue weighted by Gasteiger charge is -2.35. The molecule has 0 spiro atoms. The Kier molecular flexibility index (Phi) is 5.04. The number of hydrogen-bond acceptors (Lipinski definition) is 5. The number of hydrogen-bond donors (Lipinski definition) is 1. The van der Waals surface area contributed by atoms with Crippen molar-refractivity contribution in [2.24, 2.45) is 5.92 Å². The van der Waals surface area contributed by atoms with Gasteiger partial charge in [0, 0.05) is 25.8 Å². The molecule has 0 bridgehead atoms. The molecule has 3 amide bonds. The predicted molar refractivity (Wildman–Crippen MR) is 103 cm³/mol. The quantitative estimate of drug-likeness (QED) is 0.826. The van der Waals surface area contributed by atoms with Gasteiger partial charge in [-0.3, -0.25) is 4.79 Å². The van der Waals surface area contributed by atoms with E-state index in [4.69, 9.17) is 4.74 Å². The van der Waals surface area contributed by atoms with Gasteiger partial charge in [0.2, 0.25) is 0 Å². The Balaban J connectivity index is 1.55. The van der Waals surface area contributed by atoms with Crippen molar-refractivity contribution in [3.05, 3.63) is 17.8 Å². The van der Waals surface area contributed by atoms with Gasteiger partial charge in [-0.05, 0) is 63.5 Å². The lowest BCUT2D eigenvalue weighted by molar-refractivity contribution is -0.120. The normalized spacial score (nSPS) is 27.2. The molecule has 4 rings (SSSR count). The number of aryl methyl sites for hydroxylation is 1. The van der Waals surface area contributed by atoms with Crippen LogP contribution in [0.5, 0.6) is 0 Å². The number of imide groups is 1. The lowest BCUT2D eigenvalue weighted by atomic mass is 9.92. The minimum Gasteiger partial charge on any atom is -0.381 e. The second kappa shape index (κ2) is 7.46. The minimum atomic E-state index is -0.455. The highest BCUT2D eigenvalue weighted by Gasteiger charge is 2.43. The Morgan fingerprint density at radius 3 is 2.67 bits per heavy atom. The van der Waals surface area contributed by atoms with Crippen molar-refractivity contribution >= 4 is 23.4 Å². The molecule has 7 heteroatoms.